The largest absolute Gasteiger partial charge is 0.342 e. The molecule has 1 aromatic heterocycles. The Bertz CT molecular complexity index is 1390. The molecule has 0 radical (unpaired) electrons. The fourth-order valence-corrected chi connectivity index (χ4v) is 5.53. The van der Waals surface area contributed by atoms with E-state index >= 15 is 0 Å². The lowest BCUT2D eigenvalue weighted by Crippen LogP contribution is -2.47. The first-order chi connectivity index (χ1) is 17.9. The lowest BCUT2D eigenvalue weighted by molar-refractivity contribution is 0.113. The van der Waals surface area contributed by atoms with Gasteiger partial charge in [0.05, 0.1) is 17.1 Å². The Kier molecular flexibility index (Phi) is 7.31. The molecule has 0 bridgehead atoms. The Balaban J connectivity index is 1.41. The third-order valence-electron chi connectivity index (χ3n) is 7.62. The highest BCUT2D eigenvalue weighted by Crippen LogP contribution is 2.33. The summed E-state index contributed by atoms with van der Waals surface area (Å²) in [6, 6.07) is 22.0. The van der Waals surface area contributed by atoms with E-state index in [4.69, 9.17) is 0 Å². The summed E-state index contributed by atoms with van der Waals surface area (Å²) >= 11 is 0. The zero-order chi connectivity index (χ0) is 25.9. The van der Waals surface area contributed by atoms with Crippen LogP contribution in [0.3, 0.4) is 0 Å². The van der Waals surface area contributed by atoms with Gasteiger partial charge in [-0.2, -0.15) is 0 Å². The number of aryl methyl sites for hydroxylation is 3. The standard InChI is InChI=1S/C32H38N4O/c1-5-17-35(32(37)36-18-7-6-8-31(36)25-12-9-22(2)10-13-25)21-28-19-26(14-11-23(28)3)27-15-16-29-30(20-27)34-24(4)33-29/h9-16,19-20,31H,5-8,17-18,21H2,1-4H3,(H,33,34). The van der Waals surface area contributed by atoms with Crippen LogP contribution >= 0.6 is 0 Å². The first kappa shape index (κ1) is 25.1. The molecule has 1 fully saturated rings. The third kappa shape index (κ3) is 5.41. The molecule has 0 saturated carbocycles. The Labute approximate surface area is 220 Å². The zero-order valence-electron chi connectivity index (χ0n) is 22.6. The van der Waals surface area contributed by atoms with Gasteiger partial charge in [0.1, 0.15) is 5.82 Å². The number of carbonyl (C=O) groups excluding carboxylic acids is 1. The number of hydrogen-bond acceptors (Lipinski definition) is 2. The van der Waals surface area contributed by atoms with E-state index in [0.29, 0.717) is 6.54 Å². The van der Waals surface area contributed by atoms with Gasteiger partial charge in [0.25, 0.3) is 0 Å². The Hall–Kier alpha value is -3.60. The van der Waals surface area contributed by atoms with Gasteiger partial charge in [-0.3, -0.25) is 0 Å². The van der Waals surface area contributed by atoms with Crippen LogP contribution in [-0.4, -0.2) is 38.9 Å². The van der Waals surface area contributed by atoms with Crippen LogP contribution in [0, 0.1) is 20.8 Å². The van der Waals surface area contributed by atoms with Gasteiger partial charge in [0, 0.05) is 19.6 Å². The van der Waals surface area contributed by atoms with Gasteiger partial charge in [-0.25, -0.2) is 9.78 Å². The number of carbonyl (C=O) groups is 1. The van der Waals surface area contributed by atoms with E-state index in [1.807, 2.05) is 6.92 Å². The molecule has 4 aromatic rings. The van der Waals surface area contributed by atoms with Gasteiger partial charge in [0.15, 0.2) is 0 Å². The number of H-pyrrole nitrogens is 1. The zero-order valence-corrected chi connectivity index (χ0v) is 22.6. The number of rotatable bonds is 6. The summed E-state index contributed by atoms with van der Waals surface area (Å²) in [6.45, 7) is 10.6. The number of nitrogens with zero attached hydrogens (tertiary/aromatic N) is 3. The van der Waals surface area contributed by atoms with Crippen LogP contribution in [0.4, 0.5) is 4.79 Å². The first-order valence-electron chi connectivity index (χ1n) is 13.6. The van der Waals surface area contributed by atoms with E-state index in [-0.39, 0.29) is 12.1 Å². The molecule has 192 valence electrons. The van der Waals surface area contributed by atoms with Gasteiger partial charge in [-0.1, -0.05) is 55.0 Å². The van der Waals surface area contributed by atoms with Crippen molar-refractivity contribution in [2.24, 2.45) is 0 Å². The number of likely N-dealkylation sites (tertiary alicyclic amines) is 1. The van der Waals surface area contributed by atoms with Crippen molar-refractivity contribution in [3.8, 4) is 11.1 Å². The minimum Gasteiger partial charge on any atom is -0.342 e. The van der Waals surface area contributed by atoms with Gasteiger partial charge >= 0.3 is 6.03 Å². The maximum Gasteiger partial charge on any atom is 0.320 e. The van der Waals surface area contributed by atoms with Gasteiger partial charge in [0.2, 0.25) is 0 Å². The number of aromatic amines is 1. The molecule has 2 heterocycles. The van der Waals surface area contributed by atoms with Gasteiger partial charge in [-0.15, -0.1) is 0 Å². The lowest BCUT2D eigenvalue weighted by atomic mass is 9.95. The van der Waals surface area contributed by atoms with E-state index < -0.39 is 0 Å². The van der Waals surface area contributed by atoms with Crippen LogP contribution in [0.25, 0.3) is 22.2 Å². The molecule has 1 unspecified atom stereocenters. The number of hydrogen-bond donors (Lipinski definition) is 1. The van der Waals surface area contributed by atoms with Crippen LogP contribution in [-0.2, 0) is 6.54 Å². The highest BCUT2D eigenvalue weighted by atomic mass is 16.2. The molecule has 0 aliphatic carbocycles. The van der Waals surface area contributed by atoms with E-state index in [0.717, 1.165) is 66.8 Å². The predicted molar refractivity (Wildman–Crippen MR) is 152 cm³/mol. The van der Waals surface area contributed by atoms with E-state index in [2.05, 4.69) is 101 Å². The summed E-state index contributed by atoms with van der Waals surface area (Å²) in [5.74, 6) is 0.923. The second-order valence-corrected chi connectivity index (χ2v) is 10.5. The fourth-order valence-electron chi connectivity index (χ4n) is 5.53. The van der Waals surface area contributed by atoms with Crippen molar-refractivity contribution in [2.45, 2.75) is 66.0 Å². The van der Waals surface area contributed by atoms with E-state index in [1.165, 1.54) is 22.3 Å². The number of fused-ring (bicyclic) bond motifs is 1. The summed E-state index contributed by atoms with van der Waals surface area (Å²) in [6.07, 6.45) is 4.19. The SMILES string of the molecule is CCCN(Cc1cc(-c2ccc3nc(C)[nH]c3c2)ccc1C)C(=O)N1CCCCC1c1ccc(C)cc1. The maximum absolute atomic E-state index is 14.0. The molecule has 1 aliphatic heterocycles. The first-order valence-corrected chi connectivity index (χ1v) is 13.6. The third-order valence-corrected chi connectivity index (χ3v) is 7.62. The molecular weight excluding hydrogens is 456 g/mol. The summed E-state index contributed by atoms with van der Waals surface area (Å²) in [4.78, 5) is 26.1. The highest BCUT2D eigenvalue weighted by molar-refractivity contribution is 5.82. The van der Waals surface area contributed by atoms with Crippen molar-refractivity contribution in [1.82, 2.24) is 19.8 Å². The molecule has 1 atom stereocenters. The quantitative estimate of drug-likeness (QED) is 0.298. The average molecular weight is 495 g/mol. The lowest BCUT2D eigenvalue weighted by Gasteiger charge is -2.39. The second kappa shape index (κ2) is 10.8. The van der Waals surface area contributed by atoms with Gasteiger partial charge < -0.3 is 14.8 Å². The molecule has 5 rings (SSSR count). The van der Waals surface area contributed by atoms with Crippen molar-refractivity contribution < 1.29 is 4.79 Å². The van der Waals surface area contributed by atoms with E-state index in [9.17, 15) is 4.79 Å². The molecule has 5 heteroatoms. The number of amides is 2. The number of aromatic nitrogens is 2. The molecule has 1 N–H and O–H groups in total. The molecule has 0 spiro atoms. The van der Waals surface area contributed by atoms with Crippen LogP contribution in [0.15, 0.2) is 60.7 Å². The van der Waals surface area contributed by atoms with E-state index in [1.54, 1.807) is 0 Å². The van der Waals surface area contributed by atoms with Crippen molar-refractivity contribution in [3.63, 3.8) is 0 Å². The van der Waals surface area contributed by atoms with Crippen molar-refractivity contribution >= 4 is 17.1 Å². The monoisotopic (exact) mass is 494 g/mol. The van der Waals surface area contributed by atoms with Crippen molar-refractivity contribution in [3.05, 3.63) is 88.7 Å². The minimum atomic E-state index is 0.151. The Morgan fingerprint density at radius 3 is 2.54 bits per heavy atom. The number of nitrogens with one attached hydrogen (secondary N) is 1. The van der Waals surface area contributed by atoms with Crippen LogP contribution in [0.2, 0.25) is 0 Å². The summed E-state index contributed by atoms with van der Waals surface area (Å²) in [5, 5.41) is 0. The second-order valence-electron chi connectivity index (χ2n) is 10.5. The summed E-state index contributed by atoms with van der Waals surface area (Å²) in [7, 11) is 0. The highest BCUT2D eigenvalue weighted by Gasteiger charge is 2.31. The molecular formula is C32H38N4O. The normalized spacial score (nSPS) is 15.8. The number of urea groups is 1. The fraction of sp³-hybridized carbons (Fsp3) is 0.375. The molecule has 1 saturated heterocycles. The molecule has 3 aromatic carbocycles. The molecule has 5 nitrogen and oxygen atoms in total. The van der Waals surface area contributed by atoms with Crippen molar-refractivity contribution in [2.75, 3.05) is 13.1 Å². The predicted octanol–water partition coefficient (Wildman–Crippen LogP) is 7.71. The number of imidazole rings is 1. The van der Waals surface area contributed by atoms with Crippen LogP contribution in [0.1, 0.15) is 66.7 Å². The molecule has 1 aliphatic rings. The topological polar surface area (TPSA) is 52.2 Å². The Morgan fingerprint density at radius 1 is 1.00 bits per heavy atom. The maximum atomic E-state index is 14.0. The van der Waals surface area contributed by atoms with Crippen molar-refractivity contribution in [1.29, 1.82) is 0 Å². The van der Waals surface area contributed by atoms with Crippen LogP contribution in [0.5, 0.6) is 0 Å². The number of piperidine rings is 1. The number of benzene rings is 3. The van der Waals surface area contributed by atoms with Gasteiger partial charge in [-0.05, 0) is 92.5 Å². The molecule has 37 heavy (non-hydrogen) atoms. The molecule has 2 amide bonds. The summed E-state index contributed by atoms with van der Waals surface area (Å²) < 4.78 is 0. The van der Waals surface area contributed by atoms with Crippen LogP contribution < -0.4 is 0 Å². The summed E-state index contributed by atoms with van der Waals surface area (Å²) in [5.41, 5.74) is 9.26. The average Bonchev–Trinajstić information content (AvgIpc) is 3.29. The smallest absolute Gasteiger partial charge is 0.320 e. The Morgan fingerprint density at radius 2 is 1.76 bits per heavy atom. The minimum absolute atomic E-state index is 0.151.